The summed E-state index contributed by atoms with van der Waals surface area (Å²) in [6.07, 6.45) is 9.21. The van der Waals surface area contributed by atoms with Crippen molar-refractivity contribution < 1.29 is 0 Å². The molecule has 2 fully saturated rings. The number of rotatable bonds is 4. The van der Waals surface area contributed by atoms with Crippen molar-refractivity contribution >= 4 is 0 Å². The van der Waals surface area contributed by atoms with Crippen molar-refractivity contribution in [3.05, 3.63) is 5.82 Å². The predicted molar refractivity (Wildman–Crippen MR) is 71.4 cm³/mol. The quantitative estimate of drug-likeness (QED) is 0.878. The number of hydrogen-bond donors (Lipinski definition) is 1. The van der Waals surface area contributed by atoms with Gasteiger partial charge in [0.2, 0.25) is 0 Å². The van der Waals surface area contributed by atoms with Crippen LogP contribution in [0.1, 0.15) is 44.3 Å². The monoisotopic (exact) mass is 263 g/mol. The SMILES string of the molecule is C1CCC(N2CCC(CCc3nnn[nH]3)CC2)[N]C1. The van der Waals surface area contributed by atoms with Crippen LogP contribution in [0.25, 0.3) is 0 Å². The first-order chi connectivity index (χ1) is 9.42. The molecule has 105 valence electrons. The van der Waals surface area contributed by atoms with Gasteiger partial charge in [0.05, 0.1) is 6.17 Å². The Morgan fingerprint density at radius 1 is 1.16 bits per heavy atom. The standard InChI is InChI=1S/C13H23N6/c1-2-8-14-13(3-1)19-9-6-11(7-10-19)4-5-12-15-17-18-16-12/h11,13H,1-10H2,(H,15,16,17,18). The molecule has 1 N–H and O–H groups in total. The van der Waals surface area contributed by atoms with Gasteiger partial charge in [-0.1, -0.05) is 0 Å². The molecule has 2 aliphatic heterocycles. The van der Waals surface area contributed by atoms with Crippen molar-refractivity contribution in [1.82, 2.24) is 30.8 Å². The number of nitrogens with zero attached hydrogens (tertiary/aromatic N) is 5. The summed E-state index contributed by atoms with van der Waals surface area (Å²) >= 11 is 0. The molecular weight excluding hydrogens is 240 g/mol. The maximum atomic E-state index is 4.76. The van der Waals surface area contributed by atoms with Gasteiger partial charge in [-0.15, -0.1) is 5.10 Å². The normalized spacial score (nSPS) is 26.6. The van der Waals surface area contributed by atoms with Crippen LogP contribution in [0, 0.1) is 5.92 Å². The number of aryl methyl sites for hydroxylation is 1. The molecule has 1 atom stereocenters. The van der Waals surface area contributed by atoms with Gasteiger partial charge in [-0.3, -0.25) is 4.90 Å². The van der Waals surface area contributed by atoms with Gasteiger partial charge < -0.3 is 0 Å². The Labute approximate surface area is 114 Å². The second-order valence-electron chi connectivity index (χ2n) is 5.75. The Bertz CT molecular complexity index is 351. The average Bonchev–Trinajstić information content (AvgIpc) is 3.00. The van der Waals surface area contributed by atoms with Crippen molar-refractivity contribution in [3.8, 4) is 0 Å². The molecule has 19 heavy (non-hydrogen) atoms. The van der Waals surface area contributed by atoms with E-state index in [1.165, 1.54) is 51.6 Å². The number of nitrogens with one attached hydrogen (secondary N) is 1. The molecule has 1 aromatic rings. The maximum Gasteiger partial charge on any atom is 0.148 e. The highest BCUT2D eigenvalue weighted by molar-refractivity contribution is 4.82. The van der Waals surface area contributed by atoms with Crippen molar-refractivity contribution in [2.24, 2.45) is 5.92 Å². The lowest BCUT2D eigenvalue weighted by Crippen LogP contribution is -2.47. The molecule has 1 unspecified atom stereocenters. The minimum absolute atomic E-state index is 0.521. The van der Waals surface area contributed by atoms with Gasteiger partial charge in [-0.05, 0) is 68.0 Å². The van der Waals surface area contributed by atoms with E-state index in [2.05, 4.69) is 25.5 Å². The van der Waals surface area contributed by atoms with Gasteiger partial charge in [0.15, 0.2) is 0 Å². The Balaban J connectivity index is 1.39. The molecule has 1 aromatic heterocycles. The van der Waals surface area contributed by atoms with E-state index in [1.807, 2.05) is 0 Å². The molecular formula is C13H23N6. The summed E-state index contributed by atoms with van der Waals surface area (Å²) in [7, 11) is 0. The van der Waals surface area contributed by atoms with Crippen molar-refractivity contribution in [3.63, 3.8) is 0 Å². The van der Waals surface area contributed by atoms with Crippen molar-refractivity contribution in [2.75, 3.05) is 19.6 Å². The summed E-state index contributed by atoms with van der Waals surface area (Å²) in [5, 5.41) is 18.8. The number of aromatic amines is 1. The summed E-state index contributed by atoms with van der Waals surface area (Å²) in [6.45, 7) is 3.50. The minimum atomic E-state index is 0.521. The summed E-state index contributed by atoms with van der Waals surface area (Å²) < 4.78 is 0. The van der Waals surface area contributed by atoms with Crippen LogP contribution in [-0.4, -0.2) is 51.3 Å². The number of piperidine rings is 2. The van der Waals surface area contributed by atoms with E-state index in [1.54, 1.807) is 0 Å². The smallest absolute Gasteiger partial charge is 0.148 e. The average molecular weight is 263 g/mol. The van der Waals surface area contributed by atoms with Crippen LogP contribution in [0.5, 0.6) is 0 Å². The van der Waals surface area contributed by atoms with E-state index in [4.69, 9.17) is 5.32 Å². The van der Waals surface area contributed by atoms with Crippen LogP contribution in [-0.2, 0) is 6.42 Å². The zero-order valence-electron chi connectivity index (χ0n) is 11.5. The molecule has 0 bridgehead atoms. The fourth-order valence-electron chi connectivity index (χ4n) is 3.23. The van der Waals surface area contributed by atoms with Crippen LogP contribution in [0.4, 0.5) is 0 Å². The van der Waals surface area contributed by atoms with Crippen molar-refractivity contribution in [1.29, 1.82) is 0 Å². The molecule has 0 saturated carbocycles. The van der Waals surface area contributed by atoms with E-state index in [0.717, 1.165) is 24.7 Å². The third-order valence-electron chi connectivity index (χ3n) is 4.46. The molecule has 6 heteroatoms. The number of hydrogen-bond acceptors (Lipinski definition) is 4. The molecule has 0 aliphatic carbocycles. The number of H-pyrrole nitrogens is 1. The summed E-state index contributed by atoms with van der Waals surface area (Å²) in [4.78, 5) is 2.59. The highest BCUT2D eigenvalue weighted by Crippen LogP contribution is 2.24. The Kier molecular flexibility index (Phi) is 4.40. The molecule has 0 spiro atoms. The summed E-state index contributed by atoms with van der Waals surface area (Å²) in [5.41, 5.74) is 0. The predicted octanol–water partition coefficient (Wildman–Crippen LogP) is 0.959. The molecule has 3 rings (SSSR count). The molecule has 0 aromatic carbocycles. The van der Waals surface area contributed by atoms with Crippen LogP contribution in [0.3, 0.4) is 0 Å². The first kappa shape index (κ1) is 13.0. The van der Waals surface area contributed by atoms with E-state index >= 15 is 0 Å². The van der Waals surface area contributed by atoms with Gasteiger partial charge in [-0.25, -0.2) is 10.4 Å². The highest BCUT2D eigenvalue weighted by atomic mass is 15.5. The molecule has 6 nitrogen and oxygen atoms in total. The van der Waals surface area contributed by atoms with Crippen LogP contribution in [0.15, 0.2) is 0 Å². The van der Waals surface area contributed by atoms with E-state index in [9.17, 15) is 0 Å². The first-order valence-electron chi connectivity index (χ1n) is 7.55. The third kappa shape index (κ3) is 3.51. The fourth-order valence-corrected chi connectivity index (χ4v) is 3.23. The molecule has 0 amide bonds. The van der Waals surface area contributed by atoms with Gasteiger partial charge in [0, 0.05) is 13.0 Å². The lowest BCUT2D eigenvalue weighted by Gasteiger charge is -2.38. The Hall–Kier alpha value is -1.01. The fraction of sp³-hybridized carbons (Fsp3) is 0.923. The summed E-state index contributed by atoms with van der Waals surface area (Å²) in [5.74, 6) is 1.75. The molecule has 2 aliphatic rings. The second-order valence-corrected chi connectivity index (χ2v) is 5.75. The largest absolute Gasteiger partial charge is 0.287 e. The van der Waals surface area contributed by atoms with Crippen molar-refractivity contribution in [2.45, 2.75) is 51.1 Å². The Morgan fingerprint density at radius 3 is 2.74 bits per heavy atom. The maximum absolute atomic E-state index is 4.76. The van der Waals surface area contributed by atoms with Crippen LogP contribution < -0.4 is 5.32 Å². The summed E-state index contributed by atoms with van der Waals surface area (Å²) in [6, 6.07) is 0. The topological polar surface area (TPSA) is 71.8 Å². The first-order valence-corrected chi connectivity index (χ1v) is 7.55. The highest BCUT2D eigenvalue weighted by Gasteiger charge is 2.26. The number of tetrazole rings is 1. The van der Waals surface area contributed by atoms with Gasteiger partial charge >= 0.3 is 0 Å². The lowest BCUT2D eigenvalue weighted by atomic mass is 9.91. The van der Waals surface area contributed by atoms with Gasteiger partial charge in [0.1, 0.15) is 5.82 Å². The van der Waals surface area contributed by atoms with Gasteiger partial charge in [0.25, 0.3) is 0 Å². The zero-order valence-corrected chi connectivity index (χ0v) is 11.5. The lowest BCUT2D eigenvalue weighted by molar-refractivity contribution is 0.0881. The third-order valence-corrected chi connectivity index (χ3v) is 4.46. The van der Waals surface area contributed by atoms with E-state index in [0.29, 0.717) is 6.17 Å². The number of aromatic nitrogens is 4. The van der Waals surface area contributed by atoms with Gasteiger partial charge in [-0.2, -0.15) is 0 Å². The number of likely N-dealkylation sites (tertiary alicyclic amines) is 1. The minimum Gasteiger partial charge on any atom is -0.287 e. The van der Waals surface area contributed by atoms with Crippen LogP contribution >= 0.6 is 0 Å². The Morgan fingerprint density at radius 2 is 2.05 bits per heavy atom. The van der Waals surface area contributed by atoms with E-state index in [-0.39, 0.29) is 0 Å². The molecule has 3 heterocycles. The van der Waals surface area contributed by atoms with Crippen LogP contribution in [0.2, 0.25) is 0 Å². The molecule has 2 saturated heterocycles. The molecule has 1 radical (unpaired) electrons. The zero-order chi connectivity index (χ0) is 12.9. The second kappa shape index (κ2) is 6.43. The van der Waals surface area contributed by atoms with E-state index < -0.39 is 0 Å².